The van der Waals surface area contributed by atoms with Crippen molar-refractivity contribution in [1.29, 1.82) is 0 Å². The van der Waals surface area contributed by atoms with Gasteiger partial charge in [-0.15, -0.1) is 11.3 Å². The highest BCUT2D eigenvalue weighted by atomic mass is 32.1. The van der Waals surface area contributed by atoms with Gasteiger partial charge in [-0.05, 0) is 55.9 Å². The third kappa shape index (κ3) is 3.46. The van der Waals surface area contributed by atoms with Crippen molar-refractivity contribution in [2.75, 3.05) is 0 Å². The lowest BCUT2D eigenvalue weighted by Gasteiger charge is -2.09. The number of thiophene rings is 1. The molecule has 0 radical (unpaired) electrons. The van der Waals surface area contributed by atoms with Gasteiger partial charge in [-0.25, -0.2) is 4.98 Å². The molecule has 0 aliphatic heterocycles. The zero-order valence-corrected chi connectivity index (χ0v) is 17.5. The lowest BCUT2D eigenvalue weighted by Crippen LogP contribution is -2.17. The van der Waals surface area contributed by atoms with Gasteiger partial charge in [0.05, 0.1) is 16.5 Å². The summed E-state index contributed by atoms with van der Waals surface area (Å²) in [7, 11) is 0. The van der Waals surface area contributed by atoms with E-state index in [4.69, 9.17) is 4.42 Å². The molecule has 3 aromatic heterocycles. The van der Waals surface area contributed by atoms with E-state index in [9.17, 15) is 14.9 Å². The highest BCUT2D eigenvalue weighted by molar-refractivity contribution is 7.18. The molecule has 0 saturated heterocycles. The van der Waals surface area contributed by atoms with Gasteiger partial charge in [0.25, 0.3) is 11.2 Å². The Morgan fingerprint density at radius 1 is 1.26 bits per heavy atom. The predicted octanol–water partition coefficient (Wildman–Crippen LogP) is 4.70. The minimum Gasteiger partial charge on any atom is -0.455 e. The molecule has 156 valence electrons. The molecule has 0 amide bonds. The molecule has 0 saturated carbocycles. The maximum Gasteiger partial charge on any atom is 0.282 e. The van der Waals surface area contributed by atoms with Gasteiger partial charge in [0.2, 0.25) is 0 Å². The monoisotopic (exact) mass is 434 g/mol. The van der Waals surface area contributed by atoms with E-state index < -0.39 is 4.92 Å². The molecule has 1 aromatic carbocycles. The maximum absolute atomic E-state index is 13.0. The quantitative estimate of drug-likeness (QED) is 0.263. The Hall–Kier alpha value is -3.59. The van der Waals surface area contributed by atoms with Gasteiger partial charge in [0.15, 0.2) is 0 Å². The van der Waals surface area contributed by atoms with Crippen molar-refractivity contribution in [2.24, 2.45) is 5.10 Å². The van der Waals surface area contributed by atoms with E-state index in [0.29, 0.717) is 22.5 Å². The van der Waals surface area contributed by atoms with Crippen LogP contribution in [0.2, 0.25) is 0 Å². The minimum absolute atomic E-state index is 0.00255. The van der Waals surface area contributed by atoms with Gasteiger partial charge < -0.3 is 4.42 Å². The number of hydrogen-bond acceptors (Lipinski definition) is 7. The Kier molecular flexibility index (Phi) is 4.74. The Balaban J connectivity index is 1.47. The summed E-state index contributed by atoms with van der Waals surface area (Å²) in [6.45, 7) is 1.86. The molecule has 31 heavy (non-hydrogen) atoms. The van der Waals surface area contributed by atoms with Crippen LogP contribution in [-0.2, 0) is 12.8 Å². The number of non-ortho nitro benzene ring substituents is 1. The third-order valence-corrected chi connectivity index (χ3v) is 6.69. The number of hydrogen-bond donors (Lipinski definition) is 0. The zero-order valence-electron chi connectivity index (χ0n) is 16.7. The molecule has 0 N–H and O–H groups in total. The van der Waals surface area contributed by atoms with Gasteiger partial charge in [-0.3, -0.25) is 14.9 Å². The Morgan fingerprint density at radius 3 is 2.94 bits per heavy atom. The molecule has 0 bridgehead atoms. The number of aromatic nitrogens is 2. The van der Waals surface area contributed by atoms with E-state index >= 15 is 0 Å². The van der Waals surface area contributed by atoms with E-state index in [-0.39, 0.29) is 11.2 Å². The normalized spacial score (nSPS) is 13.7. The first-order valence-corrected chi connectivity index (χ1v) is 10.7. The van der Waals surface area contributed by atoms with Crippen LogP contribution in [0, 0.1) is 17.0 Å². The molecule has 1 aliphatic carbocycles. The van der Waals surface area contributed by atoms with Crippen LogP contribution in [0.1, 0.15) is 34.6 Å². The van der Waals surface area contributed by atoms with Crippen molar-refractivity contribution in [2.45, 2.75) is 32.6 Å². The zero-order chi connectivity index (χ0) is 21.5. The van der Waals surface area contributed by atoms with Gasteiger partial charge >= 0.3 is 0 Å². The number of rotatable bonds is 4. The molecule has 0 spiro atoms. The highest BCUT2D eigenvalue weighted by Gasteiger charge is 2.20. The van der Waals surface area contributed by atoms with E-state index in [0.717, 1.165) is 41.6 Å². The van der Waals surface area contributed by atoms with Crippen LogP contribution in [-0.4, -0.2) is 20.8 Å². The van der Waals surface area contributed by atoms with E-state index in [1.807, 2.05) is 6.92 Å². The van der Waals surface area contributed by atoms with E-state index in [1.54, 1.807) is 29.5 Å². The van der Waals surface area contributed by atoms with Crippen molar-refractivity contribution in [3.8, 4) is 11.3 Å². The van der Waals surface area contributed by atoms with Crippen molar-refractivity contribution in [1.82, 2.24) is 9.66 Å². The van der Waals surface area contributed by atoms with Gasteiger partial charge in [0.1, 0.15) is 22.7 Å². The number of furan rings is 1. The molecular weight excluding hydrogens is 416 g/mol. The summed E-state index contributed by atoms with van der Waals surface area (Å²) in [6, 6.07) is 8.07. The van der Waals surface area contributed by atoms with Crippen LogP contribution >= 0.6 is 11.3 Å². The number of nitro benzene ring substituents is 1. The molecule has 4 aromatic rings. The minimum atomic E-state index is -0.438. The number of benzene rings is 1. The summed E-state index contributed by atoms with van der Waals surface area (Å²) in [4.78, 5) is 30.1. The molecule has 0 fully saturated rings. The standard InChI is InChI=1S/C22H18N4O4S/c1-13-6-7-14(26(28)29)10-17(13)18-9-8-15(30-18)11-24-25-12-23-21-20(22(25)27)16-4-2-3-5-19(16)31-21/h6-12H,2-5H2,1H3/b24-11-. The summed E-state index contributed by atoms with van der Waals surface area (Å²) >= 11 is 1.60. The molecule has 8 nitrogen and oxygen atoms in total. The average molecular weight is 434 g/mol. The second kappa shape index (κ2) is 7.59. The molecule has 9 heteroatoms. The number of aryl methyl sites for hydroxylation is 3. The first-order chi connectivity index (χ1) is 15.0. The van der Waals surface area contributed by atoms with Crippen molar-refractivity contribution in [3.05, 3.63) is 78.9 Å². The van der Waals surface area contributed by atoms with Gasteiger partial charge in [-0.1, -0.05) is 6.07 Å². The maximum atomic E-state index is 13.0. The summed E-state index contributed by atoms with van der Waals surface area (Å²) < 4.78 is 7.03. The summed E-state index contributed by atoms with van der Waals surface area (Å²) in [6.07, 6.45) is 7.02. The van der Waals surface area contributed by atoms with Gasteiger partial charge in [0, 0.05) is 22.6 Å². The van der Waals surface area contributed by atoms with E-state index in [1.165, 1.54) is 34.2 Å². The Bertz CT molecular complexity index is 1410. The van der Waals surface area contributed by atoms with Crippen LogP contribution in [0.3, 0.4) is 0 Å². The Labute approximate surface area is 180 Å². The fourth-order valence-corrected chi connectivity index (χ4v) is 5.11. The van der Waals surface area contributed by atoms with Gasteiger partial charge in [-0.2, -0.15) is 9.78 Å². The molecular formula is C22H18N4O4S. The van der Waals surface area contributed by atoms with Crippen molar-refractivity contribution in [3.63, 3.8) is 0 Å². The number of fused-ring (bicyclic) bond motifs is 3. The largest absolute Gasteiger partial charge is 0.455 e. The van der Waals surface area contributed by atoms with Crippen LogP contribution in [0.4, 0.5) is 5.69 Å². The fourth-order valence-electron chi connectivity index (χ4n) is 3.89. The topological polar surface area (TPSA) is 104 Å². The molecule has 0 unspecified atom stereocenters. The SMILES string of the molecule is Cc1ccc([N+](=O)[O-])cc1-c1ccc(/C=N\n2cnc3sc4c(c3c2=O)CCCC4)o1. The molecule has 1 aliphatic rings. The molecule has 0 atom stereocenters. The second-order valence-corrected chi connectivity index (χ2v) is 8.57. The highest BCUT2D eigenvalue weighted by Crippen LogP contribution is 2.33. The fraction of sp³-hybridized carbons (Fsp3) is 0.227. The third-order valence-electron chi connectivity index (χ3n) is 5.49. The summed E-state index contributed by atoms with van der Waals surface area (Å²) in [5.74, 6) is 0.927. The smallest absolute Gasteiger partial charge is 0.282 e. The van der Waals surface area contributed by atoms with Crippen LogP contribution in [0.25, 0.3) is 21.5 Å². The lowest BCUT2D eigenvalue weighted by molar-refractivity contribution is -0.384. The second-order valence-electron chi connectivity index (χ2n) is 7.49. The number of nitrogens with zero attached hydrogens (tertiary/aromatic N) is 4. The van der Waals surface area contributed by atoms with Crippen LogP contribution in [0.15, 0.2) is 51.0 Å². The van der Waals surface area contributed by atoms with E-state index in [2.05, 4.69) is 10.1 Å². The average Bonchev–Trinajstić information content (AvgIpc) is 3.38. The van der Waals surface area contributed by atoms with Crippen LogP contribution in [0.5, 0.6) is 0 Å². The summed E-state index contributed by atoms with van der Waals surface area (Å²) in [5.41, 5.74) is 2.43. The predicted molar refractivity (Wildman–Crippen MR) is 119 cm³/mol. The first-order valence-electron chi connectivity index (χ1n) is 9.93. The Morgan fingerprint density at radius 2 is 2.10 bits per heavy atom. The number of nitro groups is 1. The summed E-state index contributed by atoms with van der Waals surface area (Å²) in [5, 5.41) is 16.0. The first kappa shape index (κ1) is 19.4. The molecule has 5 rings (SSSR count). The van der Waals surface area contributed by atoms with Crippen molar-refractivity contribution >= 4 is 33.5 Å². The lowest BCUT2D eigenvalue weighted by atomic mass is 9.97. The van der Waals surface area contributed by atoms with Crippen molar-refractivity contribution < 1.29 is 9.34 Å². The van der Waals surface area contributed by atoms with Crippen LogP contribution < -0.4 is 5.56 Å². The molecule has 3 heterocycles.